The Bertz CT molecular complexity index is 803. The average molecular weight is 366 g/mol. The molecule has 0 amide bonds. The van der Waals surface area contributed by atoms with Gasteiger partial charge in [-0.1, -0.05) is 29.8 Å². The van der Waals surface area contributed by atoms with Gasteiger partial charge in [-0.25, -0.2) is 13.4 Å². The molecule has 3 rings (SSSR count). The molecule has 0 aliphatic carbocycles. The quantitative estimate of drug-likeness (QED) is 0.816. The Balaban J connectivity index is 1.75. The van der Waals surface area contributed by atoms with E-state index in [9.17, 15) is 8.42 Å². The number of aromatic nitrogens is 1. The Labute approximate surface area is 147 Å². The SMILES string of the molecule is CN(Cc1ccccc1Cl)c1ccc(S(=O)(=O)N2CCCC2)cn1. The van der Waals surface area contributed by atoms with Gasteiger partial charge in [0.15, 0.2) is 0 Å². The Kier molecular flexibility index (Phi) is 5.08. The Morgan fingerprint density at radius 3 is 2.50 bits per heavy atom. The average Bonchev–Trinajstić information content (AvgIpc) is 3.12. The summed E-state index contributed by atoms with van der Waals surface area (Å²) in [5.74, 6) is 0.704. The second-order valence-electron chi connectivity index (χ2n) is 5.91. The van der Waals surface area contributed by atoms with Crippen molar-refractivity contribution in [2.45, 2.75) is 24.3 Å². The van der Waals surface area contributed by atoms with Crippen molar-refractivity contribution in [3.05, 3.63) is 53.2 Å². The summed E-state index contributed by atoms with van der Waals surface area (Å²) < 4.78 is 26.5. The highest BCUT2D eigenvalue weighted by atomic mass is 35.5. The van der Waals surface area contributed by atoms with E-state index in [2.05, 4.69) is 4.98 Å². The number of rotatable bonds is 5. The molecule has 1 fully saturated rings. The van der Waals surface area contributed by atoms with E-state index in [0.717, 1.165) is 18.4 Å². The van der Waals surface area contributed by atoms with Crippen molar-refractivity contribution >= 4 is 27.4 Å². The van der Waals surface area contributed by atoms with Crippen molar-refractivity contribution in [3.63, 3.8) is 0 Å². The third-order valence-electron chi connectivity index (χ3n) is 4.18. The first-order valence-corrected chi connectivity index (χ1v) is 9.71. The van der Waals surface area contributed by atoms with Gasteiger partial charge in [-0.2, -0.15) is 4.31 Å². The molecule has 0 radical (unpaired) electrons. The number of anilines is 1. The minimum atomic E-state index is -3.42. The molecular weight excluding hydrogens is 346 g/mol. The van der Waals surface area contributed by atoms with Crippen molar-refractivity contribution in [3.8, 4) is 0 Å². The molecule has 24 heavy (non-hydrogen) atoms. The van der Waals surface area contributed by atoms with Crippen LogP contribution in [0, 0.1) is 0 Å². The minimum absolute atomic E-state index is 0.249. The molecule has 5 nitrogen and oxygen atoms in total. The fourth-order valence-corrected chi connectivity index (χ4v) is 4.45. The molecule has 1 aromatic carbocycles. The van der Waals surface area contributed by atoms with Gasteiger partial charge in [0.05, 0.1) is 0 Å². The molecule has 128 valence electrons. The van der Waals surface area contributed by atoms with Crippen LogP contribution in [0.15, 0.2) is 47.5 Å². The lowest BCUT2D eigenvalue weighted by Gasteiger charge is -2.20. The summed E-state index contributed by atoms with van der Waals surface area (Å²) in [5, 5.41) is 0.706. The largest absolute Gasteiger partial charge is 0.355 e. The van der Waals surface area contributed by atoms with Gasteiger partial charge in [0.1, 0.15) is 10.7 Å². The fourth-order valence-electron chi connectivity index (χ4n) is 2.79. The predicted molar refractivity (Wildman–Crippen MR) is 95.8 cm³/mol. The molecular formula is C17H20ClN3O2S. The van der Waals surface area contributed by atoms with E-state index < -0.39 is 10.0 Å². The van der Waals surface area contributed by atoms with Crippen molar-refractivity contribution in [1.29, 1.82) is 0 Å². The maximum atomic E-state index is 12.5. The molecule has 1 aliphatic rings. The van der Waals surface area contributed by atoms with Gasteiger partial charge in [-0.3, -0.25) is 0 Å². The maximum absolute atomic E-state index is 12.5. The summed E-state index contributed by atoms with van der Waals surface area (Å²) in [5.41, 5.74) is 0.997. The third kappa shape index (κ3) is 3.55. The zero-order valence-electron chi connectivity index (χ0n) is 13.5. The second-order valence-corrected chi connectivity index (χ2v) is 8.26. The van der Waals surface area contributed by atoms with Crippen LogP contribution in [0.3, 0.4) is 0 Å². The van der Waals surface area contributed by atoms with E-state index in [-0.39, 0.29) is 4.90 Å². The summed E-state index contributed by atoms with van der Waals surface area (Å²) >= 11 is 6.18. The Morgan fingerprint density at radius 2 is 1.88 bits per heavy atom. The van der Waals surface area contributed by atoms with Crippen LogP contribution in [0.5, 0.6) is 0 Å². The van der Waals surface area contributed by atoms with Crippen LogP contribution in [0.2, 0.25) is 5.02 Å². The molecule has 2 heterocycles. The maximum Gasteiger partial charge on any atom is 0.244 e. The fraction of sp³-hybridized carbons (Fsp3) is 0.353. The highest BCUT2D eigenvalue weighted by Gasteiger charge is 2.27. The van der Waals surface area contributed by atoms with Gasteiger partial charge in [0, 0.05) is 37.9 Å². The van der Waals surface area contributed by atoms with Crippen molar-refractivity contribution < 1.29 is 8.42 Å². The summed E-state index contributed by atoms with van der Waals surface area (Å²) in [7, 11) is -1.51. The van der Waals surface area contributed by atoms with Gasteiger partial charge in [-0.05, 0) is 36.6 Å². The van der Waals surface area contributed by atoms with E-state index in [1.165, 1.54) is 10.5 Å². The van der Waals surface area contributed by atoms with Gasteiger partial charge >= 0.3 is 0 Å². The smallest absolute Gasteiger partial charge is 0.244 e. The van der Waals surface area contributed by atoms with Gasteiger partial charge in [-0.15, -0.1) is 0 Å². The van der Waals surface area contributed by atoms with Crippen molar-refractivity contribution in [2.24, 2.45) is 0 Å². The van der Waals surface area contributed by atoms with Crippen LogP contribution in [0.4, 0.5) is 5.82 Å². The summed E-state index contributed by atoms with van der Waals surface area (Å²) in [6.07, 6.45) is 3.28. The van der Waals surface area contributed by atoms with Gasteiger partial charge in [0.25, 0.3) is 0 Å². The zero-order chi connectivity index (χ0) is 17.2. The Morgan fingerprint density at radius 1 is 1.17 bits per heavy atom. The zero-order valence-corrected chi connectivity index (χ0v) is 15.1. The number of pyridine rings is 1. The molecule has 0 N–H and O–H groups in total. The van der Waals surface area contributed by atoms with E-state index >= 15 is 0 Å². The lowest BCUT2D eigenvalue weighted by molar-refractivity contribution is 0.477. The predicted octanol–water partition coefficient (Wildman–Crippen LogP) is 3.16. The van der Waals surface area contributed by atoms with Crippen molar-refractivity contribution in [1.82, 2.24) is 9.29 Å². The number of benzene rings is 1. The highest BCUT2D eigenvalue weighted by molar-refractivity contribution is 7.89. The van der Waals surface area contributed by atoms with E-state index in [4.69, 9.17) is 11.6 Å². The number of halogens is 1. The summed E-state index contributed by atoms with van der Waals surface area (Å²) in [6, 6.07) is 11.0. The van der Waals surface area contributed by atoms with Crippen LogP contribution < -0.4 is 4.90 Å². The first-order valence-electron chi connectivity index (χ1n) is 7.89. The van der Waals surface area contributed by atoms with Crippen LogP contribution in [-0.2, 0) is 16.6 Å². The topological polar surface area (TPSA) is 53.5 Å². The minimum Gasteiger partial charge on any atom is -0.355 e. The highest BCUT2D eigenvalue weighted by Crippen LogP contribution is 2.23. The first-order chi connectivity index (χ1) is 11.5. The summed E-state index contributed by atoms with van der Waals surface area (Å²) in [4.78, 5) is 6.51. The molecule has 1 saturated heterocycles. The second kappa shape index (κ2) is 7.09. The van der Waals surface area contributed by atoms with Crippen LogP contribution in [-0.4, -0.2) is 37.8 Å². The monoisotopic (exact) mass is 365 g/mol. The molecule has 1 aliphatic heterocycles. The third-order valence-corrected chi connectivity index (χ3v) is 6.43. The molecule has 2 aromatic rings. The number of hydrogen-bond acceptors (Lipinski definition) is 4. The van der Waals surface area contributed by atoms with Gasteiger partial charge < -0.3 is 4.90 Å². The normalized spacial score (nSPS) is 15.6. The standard InChI is InChI=1S/C17H20ClN3O2S/c1-20(13-14-6-2-3-7-16(14)18)17-9-8-15(12-19-17)24(22,23)21-10-4-5-11-21/h2-3,6-9,12H,4-5,10-11,13H2,1H3. The van der Waals surface area contributed by atoms with Gasteiger partial charge in [0.2, 0.25) is 10.0 Å². The molecule has 1 aromatic heterocycles. The molecule has 7 heteroatoms. The molecule has 0 bridgehead atoms. The van der Waals surface area contributed by atoms with Crippen LogP contribution in [0.25, 0.3) is 0 Å². The van der Waals surface area contributed by atoms with Crippen molar-refractivity contribution in [2.75, 3.05) is 25.0 Å². The molecule has 0 spiro atoms. The van der Waals surface area contributed by atoms with E-state index in [1.807, 2.05) is 36.2 Å². The number of nitrogens with zero attached hydrogens (tertiary/aromatic N) is 3. The Hall–Kier alpha value is -1.63. The number of hydrogen-bond donors (Lipinski definition) is 0. The van der Waals surface area contributed by atoms with Crippen LogP contribution in [0.1, 0.15) is 18.4 Å². The van der Waals surface area contributed by atoms with E-state index in [0.29, 0.717) is 30.5 Å². The van der Waals surface area contributed by atoms with E-state index in [1.54, 1.807) is 12.1 Å². The molecule has 0 unspecified atom stereocenters. The lowest BCUT2D eigenvalue weighted by Crippen LogP contribution is -2.28. The first kappa shape index (κ1) is 17.2. The molecule has 0 saturated carbocycles. The summed E-state index contributed by atoms with van der Waals surface area (Å²) in [6.45, 7) is 1.79. The van der Waals surface area contributed by atoms with Crippen LogP contribution >= 0.6 is 11.6 Å². The lowest BCUT2D eigenvalue weighted by atomic mass is 10.2. The molecule has 0 atom stereocenters. The number of sulfonamides is 1.